The summed E-state index contributed by atoms with van der Waals surface area (Å²) in [5.41, 5.74) is 5.43. The number of rotatable bonds is 3. The number of likely N-dealkylation sites (tertiary alicyclic amines) is 1. The van der Waals surface area contributed by atoms with Gasteiger partial charge >= 0.3 is 0 Å². The minimum Gasteiger partial charge on any atom is -0.380 e. The molecule has 2 unspecified atom stereocenters. The molecule has 0 radical (unpaired) electrons. The van der Waals surface area contributed by atoms with Crippen LogP contribution in [0.4, 0.5) is 0 Å². The minimum absolute atomic E-state index is 0.0596. The first-order valence-electron chi connectivity index (χ1n) is 4.70. The van der Waals surface area contributed by atoms with E-state index in [1.54, 1.807) is 7.11 Å². The SMILES string of the molecule is COC1CCN(C(=O)C(C)CN)C1. The van der Waals surface area contributed by atoms with Gasteiger partial charge in [0, 0.05) is 32.7 Å². The van der Waals surface area contributed by atoms with Crippen LogP contribution in [0.25, 0.3) is 0 Å². The number of carbonyl (C=O) groups excluding carboxylic acids is 1. The van der Waals surface area contributed by atoms with Crippen LogP contribution in [0.5, 0.6) is 0 Å². The maximum absolute atomic E-state index is 11.6. The lowest BCUT2D eigenvalue weighted by atomic mass is 10.1. The smallest absolute Gasteiger partial charge is 0.226 e. The molecule has 0 aliphatic carbocycles. The van der Waals surface area contributed by atoms with Gasteiger partial charge in [-0.2, -0.15) is 0 Å². The molecule has 76 valence electrons. The number of hydrogen-bond donors (Lipinski definition) is 1. The van der Waals surface area contributed by atoms with Crippen molar-refractivity contribution in [1.82, 2.24) is 4.90 Å². The van der Waals surface area contributed by atoms with Crippen LogP contribution in [-0.4, -0.2) is 43.7 Å². The monoisotopic (exact) mass is 186 g/mol. The van der Waals surface area contributed by atoms with Crippen molar-refractivity contribution in [2.75, 3.05) is 26.7 Å². The molecule has 1 fully saturated rings. The molecule has 1 saturated heterocycles. The second kappa shape index (κ2) is 4.58. The van der Waals surface area contributed by atoms with Crippen molar-refractivity contribution >= 4 is 5.91 Å². The molecule has 2 N–H and O–H groups in total. The van der Waals surface area contributed by atoms with Gasteiger partial charge in [-0.25, -0.2) is 0 Å². The summed E-state index contributed by atoms with van der Waals surface area (Å²) >= 11 is 0. The van der Waals surface area contributed by atoms with Crippen LogP contribution < -0.4 is 5.73 Å². The van der Waals surface area contributed by atoms with Gasteiger partial charge in [0.05, 0.1) is 6.10 Å². The summed E-state index contributed by atoms with van der Waals surface area (Å²) in [5.74, 6) is 0.0951. The summed E-state index contributed by atoms with van der Waals surface area (Å²) in [6.07, 6.45) is 1.16. The van der Waals surface area contributed by atoms with Crippen molar-refractivity contribution in [3.8, 4) is 0 Å². The molecule has 4 nitrogen and oxygen atoms in total. The number of amides is 1. The quantitative estimate of drug-likeness (QED) is 0.665. The molecule has 2 atom stereocenters. The number of methoxy groups -OCH3 is 1. The van der Waals surface area contributed by atoms with Crippen molar-refractivity contribution in [2.24, 2.45) is 11.7 Å². The molecule has 0 aromatic rings. The van der Waals surface area contributed by atoms with Crippen LogP contribution in [0.15, 0.2) is 0 Å². The Morgan fingerprint density at radius 2 is 2.46 bits per heavy atom. The standard InChI is InChI=1S/C9H18N2O2/c1-7(5-10)9(12)11-4-3-8(6-11)13-2/h7-8H,3-6,10H2,1-2H3. The van der Waals surface area contributed by atoms with Crippen molar-refractivity contribution in [2.45, 2.75) is 19.4 Å². The lowest BCUT2D eigenvalue weighted by molar-refractivity contribution is -0.134. The van der Waals surface area contributed by atoms with Gasteiger partial charge in [-0.1, -0.05) is 6.92 Å². The molecule has 4 heteroatoms. The largest absolute Gasteiger partial charge is 0.380 e. The normalized spacial score (nSPS) is 24.8. The fraction of sp³-hybridized carbons (Fsp3) is 0.889. The lowest BCUT2D eigenvalue weighted by Gasteiger charge is -2.19. The van der Waals surface area contributed by atoms with Gasteiger partial charge in [0.2, 0.25) is 5.91 Å². The first kappa shape index (κ1) is 10.5. The number of carbonyl (C=O) groups is 1. The Morgan fingerprint density at radius 3 is 2.92 bits per heavy atom. The average molecular weight is 186 g/mol. The topological polar surface area (TPSA) is 55.6 Å². The fourth-order valence-corrected chi connectivity index (χ4v) is 1.53. The van der Waals surface area contributed by atoms with E-state index in [2.05, 4.69) is 0 Å². The molecule has 1 rings (SSSR count). The fourth-order valence-electron chi connectivity index (χ4n) is 1.53. The Kier molecular flexibility index (Phi) is 3.69. The van der Waals surface area contributed by atoms with Crippen molar-refractivity contribution < 1.29 is 9.53 Å². The first-order chi connectivity index (χ1) is 6.19. The number of ether oxygens (including phenoxy) is 1. The molecule has 0 aromatic heterocycles. The van der Waals surface area contributed by atoms with Crippen LogP contribution in [-0.2, 0) is 9.53 Å². The summed E-state index contributed by atoms with van der Waals surface area (Å²) in [6.45, 7) is 3.82. The third-order valence-electron chi connectivity index (χ3n) is 2.57. The average Bonchev–Trinajstić information content (AvgIpc) is 2.63. The van der Waals surface area contributed by atoms with Gasteiger partial charge < -0.3 is 15.4 Å². The summed E-state index contributed by atoms with van der Waals surface area (Å²) in [4.78, 5) is 13.5. The maximum atomic E-state index is 11.6. The van der Waals surface area contributed by atoms with Crippen LogP contribution >= 0.6 is 0 Å². The molecule has 1 aliphatic heterocycles. The van der Waals surface area contributed by atoms with Crippen molar-refractivity contribution in [3.05, 3.63) is 0 Å². The summed E-state index contributed by atoms with van der Waals surface area (Å²) in [6, 6.07) is 0. The van der Waals surface area contributed by atoms with Crippen LogP contribution in [0.2, 0.25) is 0 Å². The zero-order valence-corrected chi connectivity index (χ0v) is 8.32. The Bertz CT molecular complexity index is 184. The van der Waals surface area contributed by atoms with Crippen LogP contribution in [0.1, 0.15) is 13.3 Å². The number of nitrogens with two attached hydrogens (primary N) is 1. The molecule has 0 saturated carbocycles. The Morgan fingerprint density at radius 1 is 1.77 bits per heavy atom. The molecule has 1 amide bonds. The second-order valence-corrected chi connectivity index (χ2v) is 3.57. The zero-order chi connectivity index (χ0) is 9.84. The summed E-state index contributed by atoms with van der Waals surface area (Å²) < 4.78 is 5.18. The van der Waals surface area contributed by atoms with E-state index in [-0.39, 0.29) is 17.9 Å². The van der Waals surface area contributed by atoms with E-state index in [9.17, 15) is 4.79 Å². The molecule has 0 bridgehead atoms. The Hall–Kier alpha value is -0.610. The first-order valence-corrected chi connectivity index (χ1v) is 4.70. The second-order valence-electron chi connectivity index (χ2n) is 3.57. The predicted octanol–water partition coefficient (Wildman–Crippen LogP) is -0.171. The van der Waals surface area contributed by atoms with Crippen molar-refractivity contribution in [1.29, 1.82) is 0 Å². The highest BCUT2D eigenvalue weighted by molar-refractivity contribution is 5.79. The van der Waals surface area contributed by atoms with E-state index in [1.807, 2.05) is 11.8 Å². The highest BCUT2D eigenvalue weighted by Crippen LogP contribution is 2.14. The Labute approximate surface area is 79.0 Å². The van der Waals surface area contributed by atoms with Crippen molar-refractivity contribution in [3.63, 3.8) is 0 Å². The predicted molar refractivity (Wildman–Crippen MR) is 50.2 cm³/mol. The van der Waals surface area contributed by atoms with E-state index in [0.29, 0.717) is 6.54 Å². The summed E-state index contributed by atoms with van der Waals surface area (Å²) in [5, 5.41) is 0. The number of nitrogens with zero attached hydrogens (tertiary/aromatic N) is 1. The minimum atomic E-state index is -0.0596. The van der Waals surface area contributed by atoms with Gasteiger partial charge in [-0.3, -0.25) is 4.79 Å². The van der Waals surface area contributed by atoms with E-state index < -0.39 is 0 Å². The Balaban J connectivity index is 2.41. The van der Waals surface area contributed by atoms with Gasteiger partial charge in [0.25, 0.3) is 0 Å². The third-order valence-corrected chi connectivity index (χ3v) is 2.57. The number of hydrogen-bond acceptors (Lipinski definition) is 3. The third kappa shape index (κ3) is 2.42. The lowest BCUT2D eigenvalue weighted by Crippen LogP contribution is -2.36. The molecule has 13 heavy (non-hydrogen) atoms. The van der Waals surface area contributed by atoms with Gasteiger partial charge in [0.1, 0.15) is 0 Å². The summed E-state index contributed by atoms with van der Waals surface area (Å²) in [7, 11) is 1.69. The highest BCUT2D eigenvalue weighted by Gasteiger charge is 2.27. The van der Waals surface area contributed by atoms with E-state index in [4.69, 9.17) is 10.5 Å². The van der Waals surface area contributed by atoms with E-state index >= 15 is 0 Å². The molecule has 1 heterocycles. The highest BCUT2D eigenvalue weighted by atomic mass is 16.5. The van der Waals surface area contributed by atoms with Crippen LogP contribution in [0, 0.1) is 5.92 Å². The van der Waals surface area contributed by atoms with Gasteiger partial charge in [-0.05, 0) is 6.42 Å². The van der Waals surface area contributed by atoms with Crippen LogP contribution in [0.3, 0.4) is 0 Å². The maximum Gasteiger partial charge on any atom is 0.226 e. The van der Waals surface area contributed by atoms with Gasteiger partial charge in [-0.15, -0.1) is 0 Å². The van der Waals surface area contributed by atoms with Gasteiger partial charge in [0.15, 0.2) is 0 Å². The molecule has 1 aliphatic rings. The van der Waals surface area contributed by atoms with E-state index in [0.717, 1.165) is 19.5 Å². The van der Waals surface area contributed by atoms with E-state index in [1.165, 1.54) is 0 Å². The molecular formula is C9H18N2O2. The molecule has 0 aromatic carbocycles. The zero-order valence-electron chi connectivity index (χ0n) is 8.32. The molecular weight excluding hydrogens is 168 g/mol. The molecule has 0 spiro atoms.